The van der Waals surface area contributed by atoms with Crippen LogP contribution in [0.25, 0.3) is 0 Å². The Morgan fingerprint density at radius 2 is 2.20 bits per heavy atom. The summed E-state index contributed by atoms with van der Waals surface area (Å²) in [5.41, 5.74) is -1.96. The zero-order valence-electron chi connectivity index (χ0n) is 9.49. The van der Waals surface area contributed by atoms with Gasteiger partial charge in [0.25, 0.3) is 0 Å². The maximum Gasteiger partial charge on any atom is 0.336 e. The monoisotopic (exact) mass is 217 g/mol. The molecule has 1 saturated heterocycles. The van der Waals surface area contributed by atoms with Gasteiger partial charge in [-0.15, -0.1) is 0 Å². The first kappa shape index (κ1) is 12.4. The molecule has 2 N–H and O–H groups in total. The highest BCUT2D eigenvalue weighted by atomic mass is 16.5. The van der Waals surface area contributed by atoms with Crippen molar-refractivity contribution in [2.45, 2.75) is 32.0 Å². The summed E-state index contributed by atoms with van der Waals surface area (Å²) in [4.78, 5) is 12.7. The largest absolute Gasteiger partial charge is 0.479 e. The van der Waals surface area contributed by atoms with Gasteiger partial charge in [0.05, 0.1) is 12.2 Å². The van der Waals surface area contributed by atoms with Crippen LogP contribution in [0.5, 0.6) is 0 Å². The van der Waals surface area contributed by atoms with Crippen molar-refractivity contribution in [2.24, 2.45) is 0 Å². The van der Waals surface area contributed by atoms with Crippen molar-refractivity contribution >= 4 is 5.97 Å². The predicted molar refractivity (Wildman–Crippen MR) is 54.7 cm³/mol. The molecule has 0 aromatic carbocycles. The molecule has 0 spiro atoms. The zero-order chi connectivity index (χ0) is 11.7. The summed E-state index contributed by atoms with van der Waals surface area (Å²) in [6, 6.07) is 0. The van der Waals surface area contributed by atoms with Crippen LogP contribution in [0.3, 0.4) is 0 Å². The minimum Gasteiger partial charge on any atom is -0.479 e. The van der Waals surface area contributed by atoms with E-state index in [4.69, 9.17) is 9.84 Å². The molecule has 1 fully saturated rings. The number of aliphatic carboxylic acids is 1. The Hall–Kier alpha value is -0.650. The number of β-amino-alcohol motifs (C(OH)–C–C–N with tert-alkyl or cyclic N) is 1. The van der Waals surface area contributed by atoms with Gasteiger partial charge in [0.2, 0.25) is 0 Å². The number of ether oxygens (including phenoxy) is 1. The first-order valence-corrected chi connectivity index (χ1v) is 5.05. The van der Waals surface area contributed by atoms with E-state index in [1.165, 1.54) is 6.92 Å². The molecule has 0 aliphatic carbocycles. The summed E-state index contributed by atoms with van der Waals surface area (Å²) < 4.78 is 5.50. The fourth-order valence-corrected chi connectivity index (χ4v) is 1.75. The van der Waals surface area contributed by atoms with Crippen LogP contribution in [-0.4, -0.2) is 58.5 Å². The number of rotatable bonds is 3. The highest BCUT2D eigenvalue weighted by Crippen LogP contribution is 2.18. The molecule has 1 aliphatic heterocycles. The first-order valence-electron chi connectivity index (χ1n) is 5.05. The quantitative estimate of drug-likeness (QED) is 0.692. The Morgan fingerprint density at radius 1 is 1.60 bits per heavy atom. The van der Waals surface area contributed by atoms with Crippen LogP contribution in [0, 0.1) is 0 Å². The second kappa shape index (κ2) is 4.08. The highest BCUT2D eigenvalue weighted by Gasteiger charge is 2.36. The SMILES string of the molecule is CC1(C)CN(CC(C)(O)C(=O)O)CCO1. The summed E-state index contributed by atoms with van der Waals surface area (Å²) in [6.07, 6.45) is 0. The number of hydrogen-bond donors (Lipinski definition) is 2. The zero-order valence-corrected chi connectivity index (χ0v) is 9.49. The van der Waals surface area contributed by atoms with E-state index in [1.54, 1.807) is 0 Å². The standard InChI is InChI=1S/C10H19NO4/c1-9(2)6-11(4-5-15-9)7-10(3,14)8(12)13/h14H,4-7H2,1-3H3,(H,12,13). The van der Waals surface area contributed by atoms with Crippen molar-refractivity contribution in [1.82, 2.24) is 4.90 Å². The van der Waals surface area contributed by atoms with Gasteiger partial charge in [-0.1, -0.05) is 0 Å². The van der Waals surface area contributed by atoms with Crippen LogP contribution in [0.15, 0.2) is 0 Å². The van der Waals surface area contributed by atoms with E-state index in [1.807, 2.05) is 18.7 Å². The molecule has 1 atom stereocenters. The molecule has 0 amide bonds. The van der Waals surface area contributed by atoms with Gasteiger partial charge in [-0.3, -0.25) is 4.90 Å². The van der Waals surface area contributed by atoms with Crippen LogP contribution >= 0.6 is 0 Å². The topological polar surface area (TPSA) is 70.0 Å². The maximum absolute atomic E-state index is 10.7. The van der Waals surface area contributed by atoms with E-state index in [-0.39, 0.29) is 12.1 Å². The van der Waals surface area contributed by atoms with Gasteiger partial charge in [-0.2, -0.15) is 0 Å². The van der Waals surface area contributed by atoms with E-state index < -0.39 is 11.6 Å². The molecular weight excluding hydrogens is 198 g/mol. The lowest BCUT2D eigenvalue weighted by Crippen LogP contribution is -2.54. The summed E-state index contributed by atoms with van der Waals surface area (Å²) in [5.74, 6) is -1.19. The summed E-state index contributed by atoms with van der Waals surface area (Å²) in [5, 5.41) is 18.4. The van der Waals surface area contributed by atoms with Crippen molar-refractivity contribution in [3.63, 3.8) is 0 Å². The minimum atomic E-state index is -1.69. The molecule has 0 radical (unpaired) electrons. The van der Waals surface area contributed by atoms with Gasteiger partial charge >= 0.3 is 5.97 Å². The summed E-state index contributed by atoms with van der Waals surface area (Å²) in [7, 11) is 0. The van der Waals surface area contributed by atoms with Crippen molar-refractivity contribution in [3.05, 3.63) is 0 Å². The molecule has 88 valence electrons. The fourth-order valence-electron chi connectivity index (χ4n) is 1.75. The molecule has 0 aromatic heterocycles. The Morgan fingerprint density at radius 3 is 2.67 bits per heavy atom. The van der Waals surface area contributed by atoms with Crippen molar-refractivity contribution in [3.8, 4) is 0 Å². The lowest BCUT2D eigenvalue weighted by molar-refractivity contribution is -0.162. The third-order valence-electron chi connectivity index (χ3n) is 2.50. The minimum absolute atomic E-state index is 0.134. The van der Waals surface area contributed by atoms with E-state index in [2.05, 4.69) is 0 Å². The second-order valence-electron chi connectivity index (χ2n) is 4.90. The number of carboxylic acids is 1. The Balaban J connectivity index is 2.55. The molecule has 15 heavy (non-hydrogen) atoms. The van der Waals surface area contributed by atoms with E-state index in [0.717, 1.165) is 0 Å². The number of nitrogens with zero attached hydrogens (tertiary/aromatic N) is 1. The van der Waals surface area contributed by atoms with Crippen LogP contribution < -0.4 is 0 Å². The lowest BCUT2D eigenvalue weighted by Gasteiger charge is -2.40. The number of morpholine rings is 1. The van der Waals surface area contributed by atoms with Gasteiger partial charge < -0.3 is 14.9 Å². The average molecular weight is 217 g/mol. The van der Waals surface area contributed by atoms with Crippen molar-refractivity contribution < 1.29 is 19.7 Å². The van der Waals surface area contributed by atoms with Crippen molar-refractivity contribution in [2.75, 3.05) is 26.2 Å². The third kappa shape index (κ3) is 3.44. The Kier molecular flexibility index (Phi) is 3.38. The number of carbonyl (C=O) groups is 1. The summed E-state index contributed by atoms with van der Waals surface area (Å²) >= 11 is 0. The van der Waals surface area contributed by atoms with Crippen LogP contribution in [0.4, 0.5) is 0 Å². The number of aliphatic hydroxyl groups is 1. The fraction of sp³-hybridized carbons (Fsp3) is 0.900. The Labute approximate surface area is 89.6 Å². The molecule has 5 heteroatoms. The normalized spacial score (nSPS) is 25.9. The summed E-state index contributed by atoms with van der Waals surface area (Å²) in [6.45, 7) is 7.22. The van der Waals surface area contributed by atoms with Gasteiger partial charge in [0, 0.05) is 19.6 Å². The molecule has 0 bridgehead atoms. The number of hydrogen-bond acceptors (Lipinski definition) is 4. The average Bonchev–Trinajstić information content (AvgIpc) is 2.00. The van der Waals surface area contributed by atoms with Crippen molar-refractivity contribution in [1.29, 1.82) is 0 Å². The third-order valence-corrected chi connectivity index (χ3v) is 2.50. The van der Waals surface area contributed by atoms with Crippen LogP contribution in [-0.2, 0) is 9.53 Å². The van der Waals surface area contributed by atoms with E-state index >= 15 is 0 Å². The lowest BCUT2D eigenvalue weighted by atomic mass is 10.0. The molecule has 1 unspecified atom stereocenters. The van der Waals surface area contributed by atoms with Crippen LogP contribution in [0.1, 0.15) is 20.8 Å². The van der Waals surface area contributed by atoms with Crippen LogP contribution in [0.2, 0.25) is 0 Å². The number of carboxylic acid groups (broad SMARTS) is 1. The van der Waals surface area contributed by atoms with Gasteiger partial charge in [-0.25, -0.2) is 4.79 Å². The molecule has 1 rings (SSSR count). The van der Waals surface area contributed by atoms with E-state index in [0.29, 0.717) is 19.7 Å². The molecule has 0 aromatic rings. The molecule has 5 nitrogen and oxygen atoms in total. The molecule has 0 saturated carbocycles. The molecule has 1 heterocycles. The van der Waals surface area contributed by atoms with Gasteiger partial charge in [0.1, 0.15) is 0 Å². The first-order chi connectivity index (χ1) is 6.73. The molecular formula is C10H19NO4. The maximum atomic E-state index is 10.7. The molecule has 1 aliphatic rings. The van der Waals surface area contributed by atoms with Gasteiger partial charge in [-0.05, 0) is 20.8 Å². The highest BCUT2D eigenvalue weighted by molar-refractivity contribution is 5.76. The Bertz CT molecular complexity index is 250. The predicted octanol–water partition coefficient (Wildman–Crippen LogP) is -0.0672. The second-order valence-corrected chi connectivity index (χ2v) is 4.90. The van der Waals surface area contributed by atoms with E-state index in [9.17, 15) is 9.90 Å². The smallest absolute Gasteiger partial charge is 0.336 e. The van der Waals surface area contributed by atoms with Gasteiger partial charge in [0.15, 0.2) is 5.60 Å².